The van der Waals surface area contributed by atoms with E-state index in [9.17, 15) is 4.79 Å². The number of rotatable bonds is 2. The minimum atomic E-state index is 0.284. The summed E-state index contributed by atoms with van der Waals surface area (Å²) in [6.07, 6.45) is 2.01. The third kappa shape index (κ3) is 1.10. The lowest BCUT2D eigenvalue weighted by Crippen LogP contribution is -1.76. The number of ether oxygens (including phenoxy) is 1. The fourth-order valence-corrected chi connectivity index (χ4v) is 0.503. The van der Waals surface area contributed by atoms with Gasteiger partial charge in [-0.25, -0.2) is 0 Å². The minimum Gasteiger partial charge on any atom is -0.493 e. The van der Waals surface area contributed by atoms with E-state index in [4.69, 9.17) is 9.15 Å². The summed E-state index contributed by atoms with van der Waals surface area (Å²) in [5.74, 6) is 0.851. The maximum Gasteiger partial charge on any atom is 0.185 e. The van der Waals surface area contributed by atoms with E-state index in [-0.39, 0.29) is 5.76 Å². The molecule has 0 radical (unpaired) electrons. The molecule has 0 saturated heterocycles. The second kappa shape index (κ2) is 2.35. The largest absolute Gasteiger partial charge is 0.493 e. The van der Waals surface area contributed by atoms with Crippen LogP contribution >= 0.6 is 0 Å². The number of furan rings is 1. The summed E-state index contributed by atoms with van der Waals surface area (Å²) in [5, 5.41) is 0. The van der Waals surface area contributed by atoms with Crippen LogP contribution in [0, 0.1) is 0 Å². The molecule has 1 heterocycles. The zero-order valence-corrected chi connectivity index (χ0v) is 4.96. The number of carbonyl (C=O) groups is 1. The first-order chi connectivity index (χ1) is 4.36. The Balaban J connectivity index is 2.86. The molecule has 1 rings (SSSR count). The van der Waals surface area contributed by atoms with Gasteiger partial charge in [0.25, 0.3) is 0 Å². The van der Waals surface area contributed by atoms with Crippen LogP contribution in [0.3, 0.4) is 0 Å². The standard InChI is InChI=1S/C6H6O3/c1-8-6-2-5(3-7)9-4-6/h2-4H,1H3. The molecule has 0 N–H and O–H groups in total. The zero-order valence-electron chi connectivity index (χ0n) is 4.96. The average molecular weight is 126 g/mol. The maximum absolute atomic E-state index is 9.99. The van der Waals surface area contributed by atoms with E-state index in [1.54, 1.807) is 0 Å². The fraction of sp³-hybridized carbons (Fsp3) is 0.167. The number of hydrogen-bond donors (Lipinski definition) is 0. The topological polar surface area (TPSA) is 39.4 Å². The molecule has 3 heteroatoms. The second-order valence-electron chi connectivity index (χ2n) is 1.51. The van der Waals surface area contributed by atoms with Crippen LogP contribution in [-0.2, 0) is 0 Å². The van der Waals surface area contributed by atoms with E-state index in [1.807, 2.05) is 0 Å². The first-order valence-electron chi connectivity index (χ1n) is 2.44. The van der Waals surface area contributed by atoms with Crippen LogP contribution in [0.1, 0.15) is 10.6 Å². The van der Waals surface area contributed by atoms with Gasteiger partial charge in [-0.05, 0) is 0 Å². The van der Waals surface area contributed by atoms with Crippen molar-refractivity contribution in [2.24, 2.45) is 0 Å². The van der Waals surface area contributed by atoms with Crippen molar-refractivity contribution < 1.29 is 13.9 Å². The van der Waals surface area contributed by atoms with Crippen LogP contribution < -0.4 is 4.74 Å². The van der Waals surface area contributed by atoms with Crippen molar-refractivity contribution in [2.45, 2.75) is 0 Å². The maximum atomic E-state index is 9.99. The van der Waals surface area contributed by atoms with Gasteiger partial charge in [-0.15, -0.1) is 0 Å². The number of hydrogen-bond acceptors (Lipinski definition) is 3. The molecular weight excluding hydrogens is 120 g/mol. The van der Waals surface area contributed by atoms with E-state index in [1.165, 1.54) is 19.4 Å². The summed E-state index contributed by atoms with van der Waals surface area (Å²) in [7, 11) is 1.51. The molecule has 0 aliphatic carbocycles. The smallest absolute Gasteiger partial charge is 0.185 e. The van der Waals surface area contributed by atoms with Crippen molar-refractivity contribution >= 4 is 6.29 Å². The second-order valence-corrected chi connectivity index (χ2v) is 1.51. The molecule has 3 nitrogen and oxygen atoms in total. The predicted octanol–water partition coefficient (Wildman–Crippen LogP) is 1.10. The molecule has 9 heavy (non-hydrogen) atoms. The summed E-state index contributed by atoms with van der Waals surface area (Å²) in [6, 6.07) is 1.52. The van der Waals surface area contributed by atoms with Crippen molar-refractivity contribution in [1.82, 2.24) is 0 Å². The lowest BCUT2D eigenvalue weighted by atomic mass is 10.5. The van der Waals surface area contributed by atoms with Crippen molar-refractivity contribution in [2.75, 3.05) is 7.11 Å². The van der Waals surface area contributed by atoms with Gasteiger partial charge in [0.1, 0.15) is 6.26 Å². The Kier molecular flexibility index (Phi) is 1.53. The molecule has 0 atom stereocenters. The Hall–Kier alpha value is -1.25. The number of carbonyl (C=O) groups excluding carboxylic acids is 1. The summed E-state index contributed by atoms with van der Waals surface area (Å²) >= 11 is 0. The van der Waals surface area contributed by atoms with Gasteiger partial charge in [0.2, 0.25) is 0 Å². The van der Waals surface area contributed by atoms with Crippen molar-refractivity contribution in [3.05, 3.63) is 18.1 Å². The van der Waals surface area contributed by atoms with E-state index in [0.717, 1.165) is 0 Å². The highest BCUT2D eigenvalue weighted by molar-refractivity contribution is 5.71. The summed E-state index contributed by atoms with van der Waals surface area (Å²) in [4.78, 5) is 9.99. The molecule has 0 bridgehead atoms. The van der Waals surface area contributed by atoms with Gasteiger partial charge in [-0.3, -0.25) is 4.79 Å². The quantitative estimate of drug-likeness (QED) is 0.557. The van der Waals surface area contributed by atoms with Crippen molar-refractivity contribution in [3.8, 4) is 5.75 Å². The monoisotopic (exact) mass is 126 g/mol. The summed E-state index contributed by atoms with van der Waals surface area (Å²) < 4.78 is 9.46. The Labute approximate surface area is 52.2 Å². The molecule has 0 unspecified atom stereocenters. The Morgan fingerprint density at radius 1 is 1.78 bits per heavy atom. The van der Waals surface area contributed by atoms with Gasteiger partial charge in [-0.2, -0.15) is 0 Å². The van der Waals surface area contributed by atoms with Crippen molar-refractivity contribution in [3.63, 3.8) is 0 Å². The van der Waals surface area contributed by atoms with Crippen LogP contribution in [0.4, 0.5) is 0 Å². The van der Waals surface area contributed by atoms with E-state index in [2.05, 4.69) is 0 Å². The van der Waals surface area contributed by atoms with Crippen LogP contribution in [-0.4, -0.2) is 13.4 Å². The van der Waals surface area contributed by atoms with Gasteiger partial charge in [0, 0.05) is 6.07 Å². The summed E-state index contributed by atoms with van der Waals surface area (Å²) in [5.41, 5.74) is 0. The normalized spacial score (nSPS) is 9.00. The molecule has 0 amide bonds. The molecule has 48 valence electrons. The first kappa shape index (κ1) is 5.88. The molecule has 1 aromatic heterocycles. The highest BCUT2D eigenvalue weighted by atomic mass is 16.5. The van der Waals surface area contributed by atoms with Gasteiger partial charge < -0.3 is 9.15 Å². The predicted molar refractivity (Wildman–Crippen MR) is 30.6 cm³/mol. The van der Waals surface area contributed by atoms with Gasteiger partial charge >= 0.3 is 0 Å². The Bertz CT molecular complexity index is 202. The number of aldehydes is 1. The molecule has 1 aromatic rings. The highest BCUT2D eigenvalue weighted by Gasteiger charge is 1.96. The minimum absolute atomic E-state index is 0.284. The van der Waals surface area contributed by atoms with E-state index in [0.29, 0.717) is 12.0 Å². The fourth-order valence-electron chi connectivity index (χ4n) is 0.503. The summed E-state index contributed by atoms with van der Waals surface area (Å²) in [6.45, 7) is 0. The molecule has 0 aromatic carbocycles. The Morgan fingerprint density at radius 3 is 2.89 bits per heavy atom. The van der Waals surface area contributed by atoms with Crippen LogP contribution in [0.5, 0.6) is 5.75 Å². The molecule has 0 saturated carbocycles. The SMILES string of the molecule is COc1coc(C=O)c1. The van der Waals surface area contributed by atoms with Gasteiger partial charge in [0.15, 0.2) is 17.8 Å². The third-order valence-corrected chi connectivity index (χ3v) is 0.948. The Morgan fingerprint density at radius 2 is 2.56 bits per heavy atom. The van der Waals surface area contributed by atoms with Crippen molar-refractivity contribution in [1.29, 1.82) is 0 Å². The lowest BCUT2D eigenvalue weighted by molar-refractivity contribution is 0.110. The van der Waals surface area contributed by atoms with Crippen LogP contribution in [0.25, 0.3) is 0 Å². The van der Waals surface area contributed by atoms with E-state index < -0.39 is 0 Å². The highest BCUT2D eigenvalue weighted by Crippen LogP contribution is 2.12. The van der Waals surface area contributed by atoms with Gasteiger partial charge in [-0.1, -0.05) is 0 Å². The van der Waals surface area contributed by atoms with Gasteiger partial charge in [0.05, 0.1) is 7.11 Å². The van der Waals surface area contributed by atoms with E-state index >= 15 is 0 Å². The lowest BCUT2D eigenvalue weighted by Gasteiger charge is -1.85. The molecular formula is C6H6O3. The third-order valence-electron chi connectivity index (χ3n) is 0.948. The molecule has 0 aliphatic heterocycles. The van der Waals surface area contributed by atoms with Crippen LogP contribution in [0.15, 0.2) is 16.7 Å². The zero-order chi connectivity index (χ0) is 6.69. The molecule has 0 spiro atoms. The average Bonchev–Trinajstić information content (AvgIpc) is 2.34. The first-order valence-corrected chi connectivity index (χ1v) is 2.44. The molecule has 0 aliphatic rings. The number of methoxy groups -OCH3 is 1. The van der Waals surface area contributed by atoms with Crippen LogP contribution in [0.2, 0.25) is 0 Å². The molecule has 0 fully saturated rings.